The average molecular weight is 511 g/mol. The standard InChI is InChI=1S/C21H29N5O2.HI/c1-15-13-23-17(16(2)20(15)28-4)14-24-21(22-3)26-11-9-25(10-12-26)18-7-5-6-8-19(18)27;/h5-8,13,27H,9-12,14H2,1-4H3,(H,22,24);1H. The number of phenolic OH excluding ortho intramolecular Hbond substituents is 1. The number of para-hydroxylation sites is 2. The number of anilines is 1. The number of methoxy groups -OCH3 is 1. The molecule has 158 valence electrons. The predicted octanol–water partition coefficient (Wildman–Crippen LogP) is 2.93. The third-order valence-electron chi connectivity index (χ3n) is 5.18. The van der Waals surface area contributed by atoms with Gasteiger partial charge in [0, 0.05) is 50.6 Å². The summed E-state index contributed by atoms with van der Waals surface area (Å²) in [6, 6.07) is 7.48. The molecule has 0 aliphatic carbocycles. The zero-order valence-electron chi connectivity index (χ0n) is 17.5. The lowest BCUT2D eigenvalue weighted by atomic mass is 10.1. The van der Waals surface area contributed by atoms with Crippen LogP contribution >= 0.6 is 24.0 Å². The van der Waals surface area contributed by atoms with Crippen LogP contribution in [0.2, 0.25) is 0 Å². The molecular weight excluding hydrogens is 481 g/mol. The van der Waals surface area contributed by atoms with Crippen LogP contribution < -0.4 is 15.0 Å². The highest BCUT2D eigenvalue weighted by atomic mass is 127. The molecule has 1 aromatic heterocycles. The van der Waals surface area contributed by atoms with Crippen LogP contribution in [0.15, 0.2) is 35.5 Å². The lowest BCUT2D eigenvalue weighted by Gasteiger charge is -2.37. The lowest BCUT2D eigenvalue weighted by molar-refractivity contribution is 0.369. The van der Waals surface area contributed by atoms with Crippen molar-refractivity contribution < 1.29 is 9.84 Å². The SMILES string of the molecule is CN=C(NCc1ncc(C)c(OC)c1C)N1CCN(c2ccccc2O)CC1.I. The lowest BCUT2D eigenvalue weighted by Crippen LogP contribution is -2.52. The molecule has 0 amide bonds. The molecule has 0 unspecified atom stereocenters. The van der Waals surface area contributed by atoms with Gasteiger partial charge in [-0.25, -0.2) is 0 Å². The van der Waals surface area contributed by atoms with E-state index in [4.69, 9.17) is 4.74 Å². The maximum Gasteiger partial charge on any atom is 0.194 e. The second-order valence-electron chi connectivity index (χ2n) is 6.91. The fourth-order valence-electron chi connectivity index (χ4n) is 3.64. The Morgan fingerprint density at radius 1 is 1.21 bits per heavy atom. The van der Waals surface area contributed by atoms with Gasteiger partial charge in [0.05, 0.1) is 25.0 Å². The first-order valence-corrected chi connectivity index (χ1v) is 9.52. The summed E-state index contributed by atoms with van der Waals surface area (Å²) in [5.74, 6) is 2.07. The highest BCUT2D eigenvalue weighted by molar-refractivity contribution is 14.0. The van der Waals surface area contributed by atoms with Gasteiger partial charge in [-0.15, -0.1) is 24.0 Å². The molecular formula is C21H30IN5O2. The van der Waals surface area contributed by atoms with Crippen molar-refractivity contribution in [2.24, 2.45) is 4.99 Å². The summed E-state index contributed by atoms with van der Waals surface area (Å²) < 4.78 is 5.49. The number of aromatic nitrogens is 1. The van der Waals surface area contributed by atoms with Crippen molar-refractivity contribution in [1.82, 2.24) is 15.2 Å². The molecule has 1 fully saturated rings. The summed E-state index contributed by atoms with van der Waals surface area (Å²) >= 11 is 0. The number of nitrogens with zero attached hydrogens (tertiary/aromatic N) is 4. The van der Waals surface area contributed by atoms with Gasteiger partial charge in [0.2, 0.25) is 0 Å². The minimum absolute atomic E-state index is 0. The van der Waals surface area contributed by atoms with E-state index in [1.807, 2.05) is 38.2 Å². The van der Waals surface area contributed by atoms with E-state index in [2.05, 4.69) is 25.1 Å². The van der Waals surface area contributed by atoms with Crippen molar-refractivity contribution in [3.8, 4) is 11.5 Å². The largest absolute Gasteiger partial charge is 0.506 e. The molecule has 7 nitrogen and oxygen atoms in total. The Labute approximate surface area is 189 Å². The average Bonchev–Trinajstić information content (AvgIpc) is 2.71. The number of ether oxygens (including phenoxy) is 1. The number of phenols is 1. The summed E-state index contributed by atoms with van der Waals surface area (Å²) in [6.07, 6.45) is 1.84. The minimum Gasteiger partial charge on any atom is -0.506 e. The van der Waals surface area contributed by atoms with Crippen LogP contribution in [0.3, 0.4) is 0 Å². The smallest absolute Gasteiger partial charge is 0.194 e. The number of aromatic hydroxyl groups is 1. The molecule has 0 radical (unpaired) electrons. The number of halogens is 1. The van der Waals surface area contributed by atoms with Crippen LogP contribution in [-0.2, 0) is 6.54 Å². The molecule has 1 saturated heterocycles. The third kappa shape index (κ3) is 5.23. The number of nitrogens with one attached hydrogen (secondary N) is 1. The molecule has 0 spiro atoms. The molecule has 1 aliphatic heterocycles. The highest BCUT2D eigenvalue weighted by Crippen LogP contribution is 2.27. The Bertz CT molecular complexity index is 851. The molecule has 8 heteroatoms. The van der Waals surface area contributed by atoms with E-state index in [0.29, 0.717) is 12.3 Å². The van der Waals surface area contributed by atoms with E-state index in [9.17, 15) is 5.11 Å². The number of hydrogen-bond acceptors (Lipinski definition) is 5. The predicted molar refractivity (Wildman–Crippen MR) is 128 cm³/mol. The second kappa shape index (κ2) is 10.5. The van der Waals surface area contributed by atoms with Crippen LogP contribution in [-0.4, -0.2) is 61.3 Å². The molecule has 3 rings (SSSR count). The van der Waals surface area contributed by atoms with Crippen LogP contribution in [0.4, 0.5) is 5.69 Å². The molecule has 2 aromatic rings. The summed E-state index contributed by atoms with van der Waals surface area (Å²) in [6.45, 7) is 7.94. The normalized spacial score (nSPS) is 14.4. The van der Waals surface area contributed by atoms with Crippen molar-refractivity contribution in [3.63, 3.8) is 0 Å². The number of hydrogen-bond donors (Lipinski definition) is 2. The van der Waals surface area contributed by atoms with Crippen molar-refractivity contribution in [2.45, 2.75) is 20.4 Å². The molecule has 2 heterocycles. The number of benzene rings is 1. The summed E-state index contributed by atoms with van der Waals surface area (Å²) in [7, 11) is 3.49. The topological polar surface area (TPSA) is 73.2 Å². The first kappa shape index (κ1) is 23.1. The zero-order chi connectivity index (χ0) is 20.1. The summed E-state index contributed by atoms with van der Waals surface area (Å²) in [4.78, 5) is 13.4. The molecule has 0 bridgehead atoms. The van der Waals surface area contributed by atoms with Gasteiger partial charge in [-0.05, 0) is 26.0 Å². The molecule has 0 atom stereocenters. The van der Waals surface area contributed by atoms with Crippen LogP contribution in [0.25, 0.3) is 0 Å². The van der Waals surface area contributed by atoms with E-state index < -0.39 is 0 Å². The van der Waals surface area contributed by atoms with Crippen molar-refractivity contribution in [2.75, 3.05) is 45.2 Å². The van der Waals surface area contributed by atoms with Crippen molar-refractivity contribution >= 4 is 35.6 Å². The quantitative estimate of drug-likeness (QED) is 0.374. The second-order valence-corrected chi connectivity index (χ2v) is 6.91. The monoisotopic (exact) mass is 511 g/mol. The Hall–Kier alpha value is -2.23. The third-order valence-corrected chi connectivity index (χ3v) is 5.18. The molecule has 0 saturated carbocycles. The number of aryl methyl sites for hydroxylation is 1. The Morgan fingerprint density at radius 3 is 2.52 bits per heavy atom. The maximum atomic E-state index is 10.1. The molecule has 1 aromatic carbocycles. The number of aliphatic imine (C=N–C) groups is 1. The fourth-order valence-corrected chi connectivity index (χ4v) is 3.64. The Morgan fingerprint density at radius 2 is 1.90 bits per heavy atom. The Balaban J connectivity index is 0.00000300. The van der Waals surface area contributed by atoms with Crippen molar-refractivity contribution in [1.29, 1.82) is 0 Å². The number of rotatable bonds is 4. The minimum atomic E-state index is 0. The molecule has 2 N–H and O–H groups in total. The van der Waals surface area contributed by atoms with E-state index in [-0.39, 0.29) is 24.0 Å². The summed E-state index contributed by atoms with van der Waals surface area (Å²) in [5.41, 5.74) is 3.93. The Kier molecular flexibility index (Phi) is 8.36. The summed E-state index contributed by atoms with van der Waals surface area (Å²) in [5, 5.41) is 13.5. The van der Waals surface area contributed by atoms with Crippen LogP contribution in [0.1, 0.15) is 16.8 Å². The zero-order valence-corrected chi connectivity index (χ0v) is 19.8. The fraction of sp³-hybridized carbons (Fsp3) is 0.429. The van der Waals surface area contributed by atoms with Gasteiger partial charge in [0.15, 0.2) is 5.96 Å². The van der Waals surface area contributed by atoms with Crippen LogP contribution in [0.5, 0.6) is 11.5 Å². The van der Waals surface area contributed by atoms with Gasteiger partial charge < -0.3 is 25.0 Å². The van der Waals surface area contributed by atoms with Gasteiger partial charge in [-0.1, -0.05) is 12.1 Å². The van der Waals surface area contributed by atoms with Gasteiger partial charge in [-0.3, -0.25) is 9.98 Å². The van der Waals surface area contributed by atoms with E-state index in [1.54, 1.807) is 20.2 Å². The van der Waals surface area contributed by atoms with E-state index in [1.165, 1.54) is 0 Å². The maximum absolute atomic E-state index is 10.1. The number of piperazine rings is 1. The van der Waals surface area contributed by atoms with Gasteiger partial charge in [-0.2, -0.15) is 0 Å². The van der Waals surface area contributed by atoms with E-state index in [0.717, 1.165) is 60.4 Å². The first-order valence-electron chi connectivity index (χ1n) is 9.52. The van der Waals surface area contributed by atoms with Crippen LogP contribution in [0, 0.1) is 13.8 Å². The first-order chi connectivity index (χ1) is 13.5. The highest BCUT2D eigenvalue weighted by Gasteiger charge is 2.21. The van der Waals surface area contributed by atoms with Gasteiger partial charge in [0.1, 0.15) is 11.5 Å². The molecule has 29 heavy (non-hydrogen) atoms. The van der Waals surface area contributed by atoms with Crippen molar-refractivity contribution in [3.05, 3.63) is 47.3 Å². The molecule has 1 aliphatic rings. The number of pyridine rings is 1. The number of guanidine groups is 1. The van der Waals surface area contributed by atoms with Gasteiger partial charge >= 0.3 is 0 Å². The van der Waals surface area contributed by atoms with E-state index >= 15 is 0 Å². The van der Waals surface area contributed by atoms with Gasteiger partial charge in [0.25, 0.3) is 0 Å².